The van der Waals surface area contributed by atoms with Crippen LogP contribution in [0.1, 0.15) is 12.8 Å². The van der Waals surface area contributed by atoms with Crippen molar-refractivity contribution in [1.82, 2.24) is 9.97 Å². The van der Waals surface area contributed by atoms with Gasteiger partial charge in [-0.1, -0.05) is 12.1 Å². The molecule has 5 nitrogen and oxygen atoms in total. The number of rotatable bonds is 3. The minimum atomic E-state index is -0.315. The summed E-state index contributed by atoms with van der Waals surface area (Å²) < 4.78 is 5.39. The molecule has 1 fully saturated rings. The lowest BCUT2D eigenvalue weighted by Crippen LogP contribution is -2.26. The molecule has 0 radical (unpaired) electrons. The zero-order valence-corrected chi connectivity index (χ0v) is 12.6. The molecule has 2 aromatic carbocycles. The number of nitrogens with zero attached hydrogens (tertiary/aromatic N) is 1. The Bertz CT molecular complexity index is 800. The van der Waals surface area contributed by atoms with E-state index >= 15 is 0 Å². The normalized spacial score (nSPS) is 17.5. The van der Waals surface area contributed by atoms with Gasteiger partial charge >= 0.3 is 0 Å². The lowest BCUT2D eigenvalue weighted by atomic mass is 10.2. The van der Waals surface area contributed by atoms with E-state index in [0.717, 1.165) is 41.0 Å². The van der Waals surface area contributed by atoms with Crippen molar-refractivity contribution in [3.63, 3.8) is 0 Å². The second kappa shape index (κ2) is 5.85. The van der Waals surface area contributed by atoms with Crippen LogP contribution in [-0.2, 0) is 9.53 Å². The average molecular weight is 307 g/mol. The highest BCUT2D eigenvalue weighted by atomic mass is 16.5. The molecule has 1 aromatic heterocycles. The van der Waals surface area contributed by atoms with Gasteiger partial charge in [-0.2, -0.15) is 0 Å². The van der Waals surface area contributed by atoms with Crippen LogP contribution >= 0.6 is 0 Å². The number of hydrogen-bond acceptors (Lipinski definition) is 3. The van der Waals surface area contributed by atoms with Gasteiger partial charge in [0.15, 0.2) is 0 Å². The molecule has 23 heavy (non-hydrogen) atoms. The Hall–Kier alpha value is -2.66. The first-order valence-electron chi connectivity index (χ1n) is 7.77. The smallest absolute Gasteiger partial charge is 0.253 e. The van der Waals surface area contributed by atoms with E-state index in [0.29, 0.717) is 6.61 Å². The van der Waals surface area contributed by atoms with Crippen molar-refractivity contribution in [2.45, 2.75) is 18.9 Å². The molecule has 4 rings (SSSR count). The molecule has 1 amide bonds. The molecule has 0 spiro atoms. The van der Waals surface area contributed by atoms with Crippen LogP contribution in [0.4, 0.5) is 5.69 Å². The third kappa shape index (κ3) is 2.83. The van der Waals surface area contributed by atoms with Crippen LogP contribution < -0.4 is 5.32 Å². The third-order valence-corrected chi connectivity index (χ3v) is 4.04. The molecule has 1 atom stereocenters. The van der Waals surface area contributed by atoms with Gasteiger partial charge in [0.25, 0.3) is 5.91 Å². The number of imidazole rings is 1. The van der Waals surface area contributed by atoms with Crippen LogP contribution in [0.5, 0.6) is 0 Å². The lowest BCUT2D eigenvalue weighted by molar-refractivity contribution is -0.124. The van der Waals surface area contributed by atoms with Gasteiger partial charge in [0.1, 0.15) is 11.9 Å². The molecule has 3 aromatic rings. The molecular formula is C18H17N3O2. The highest BCUT2D eigenvalue weighted by molar-refractivity contribution is 5.94. The van der Waals surface area contributed by atoms with Gasteiger partial charge in [0, 0.05) is 17.9 Å². The van der Waals surface area contributed by atoms with Crippen molar-refractivity contribution in [2.24, 2.45) is 0 Å². The molecule has 0 saturated carbocycles. The first kappa shape index (κ1) is 14.0. The molecule has 1 aliphatic rings. The molecule has 5 heteroatoms. The van der Waals surface area contributed by atoms with Crippen molar-refractivity contribution in [3.8, 4) is 11.4 Å². The predicted octanol–water partition coefficient (Wildman–Crippen LogP) is 3.35. The maximum absolute atomic E-state index is 12.0. The van der Waals surface area contributed by atoms with E-state index in [1.165, 1.54) is 0 Å². The summed E-state index contributed by atoms with van der Waals surface area (Å²) in [6, 6.07) is 15.6. The number of carbonyl (C=O) groups is 1. The van der Waals surface area contributed by atoms with E-state index in [1.54, 1.807) is 0 Å². The third-order valence-electron chi connectivity index (χ3n) is 4.04. The molecular weight excluding hydrogens is 290 g/mol. The van der Waals surface area contributed by atoms with E-state index in [-0.39, 0.29) is 12.0 Å². The Kier molecular flexibility index (Phi) is 3.55. The predicted molar refractivity (Wildman–Crippen MR) is 89.1 cm³/mol. The van der Waals surface area contributed by atoms with Gasteiger partial charge in [0.2, 0.25) is 0 Å². The molecule has 1 aliphatic heterocycles. The number of para-hydroxylation sites is 2. The number of H-pyrrole nitrogens is 1. The lowest BCUT2D eigenvalue weighted by Gasteiger charge is -2.10. The summed E-state index contributed by atoms with van der Waals surface area (Å²) in [5, 5.41) is 2.89. The maximum atomic E-state index is 12.0. The summed E-state index contributed by atoms with van der Waals surface area (Å²) in [5.74, 6) is 0.752. The average Bonchev–Trinajstić information content (AvgIpc) is 3.25. The van der Waals surface area contributed by atoms with Crippen LogP contribution in [0.15, 0.2) is 48.5 Å². The number of aromatic amines is 1. The summed E-state index contributed by atoms with van der Waals surface area (Å²) in [6.07, 6.45) is 1.43. The van der Waals surface area contributed by atoms with Crippen LogP contribution in [0.3, 0.4) is 0 Å². The Labute approximate surface area is 133 Å². The number of anilines is 1. The van der Waals surface area contributed by atoms with Crippen LogP contribution in [-0.4, -0.2) is 28.6 Å². The number of carbonyl (C=O) groups excluding carboxylic acids is 1. The summed E-state index contributed by atoms with van der Waals surface area (Å²) in [5.41, 5.74) is 3.71. The molecule has 0 aliphatic carbocycles. The van der Waals surface area contributed by atoms with Crippen LogP contribution in [0.2, 0.25) is 0 Å². The molecule has 2 N–H and O–H groups in total. The Morgan fingerprint density at radius 1 is 1.17 bits per heavy atom. The van der Waals surface area contributed by atoms with Gasteiger partial charge in [-0.25, -0.2) is 4.98 Å². The summed E-state index contributed by atoms with van der Waals surface area (Å²) in [4.78, 5) is 19.9. The maximum Gasteiger partial charge on any atom is 0.253 e. The SMILES string of the molecule is O=C(Nc1ccc(-c2nc3ccccc3[nH]2)cc1)[C@@H]1CCCO1. The van der Waals surface area contributed by atoms with E-state index in [1.807, 2.05) is 48.5 Å². The molecule has 0 unspecified atom stereocenters. The first-order chi connectivity index (χ1) is 11.3. The number of amides is 1. The number of fused-ring (bicyclic) bond motifs is 1. The fourth-order valence-electron chi connectivity index (χ4n) is 2.81. The molecule has 1 saturated heterocycles. The molecule has 0 bridgehead atoms. The Morgan fingerprint density at radius 2 is 2.00 bits per heavy atom. The van der Waals surface area contributed by atoms with Gasteiger partial charge in [0.05, 0.1) is 11.0 Å². The zero-order chi connectivity index (χ0) is 15.6. The number of benzene rings is 2. The van der Waals surface area contributed by atoms with Crippen molar-refractivity contribution in [2.75, 3.05) is 11.9 Å². The Balaban J connectivity index is 1.52. The quantitative estimate of drug-likeness (QED) is 0.780. The summed E-state index contributed by atoms with van der Waals surface area (Å²) >= 11 is 0. The monoisotopic (exact) mass is 307 g/mol. The van der Waals surface area contributed by atoms with Crippen LogP contribution in [0.25, 0.3) is 22.4 Å². The van der Waals surface area contributed by atoms with E-state index in [2.05, 4.69) is 15.3 Å². The van der Waals surface area contributed by atoms with E-state index in [9.17, 15) is 4.79 Å². The summed E-state index contributed by atoms with van der Waals surface area (Å²) in [7, 11) is 0. The number of hydrogen-bond donors (Lipinski definition) is 2. The largest absolute Gasteiger partial charge is 0.368 e. The molecule has 2 heterocycles. The van der Waals surface area contributed by atoms with Gasteiger partial charge < -0.3 is 15.0 Å². The van der Waals surface area contributed by atoms with Crippen molar-refractivity contribution in [1.29, 1.82) is 0 Å². The fourth-order valence-corrected chi connectivity index (χ4v) is 2.81. The molecule has 116 valence electrons. The fraction of sp³-hybridized carbons (Fsp3) is 0.222. The first-order valence-corrected chi connectivity index (χ1v) is 7.77. The number of aromatic nitrogens is 2. The highest BCUT2D eigenvalue weighted by Gasteiger charge is 2.23. The topological polar surface area (TPSA) is 67.0 Å². The van der Waals surface area contributed by atoms with Gasteiger partial charge in [-0.05, 0) is 49.2 Å². The minimum Gasteiger partial charge on any atom is -0.368 e. The number of ether oxygens (including phenoxy) is 1. The van der Waals surface area contributed by atoms with Crippen molar-refractivity contribution < 1.29 is 9.53 Å². The zero-order valence-electron chi connectivity index (χ0n) is 12.6. The standard InChI is InChI=1S/C18H17N3O2/c22-18(16-6-3-11-23-16)19-13-9-7-12(8-10-13)17-20-14-4-1-2-5-15(14)21-17/h1-2,4-5,7-10,16H,3,6,11H2,(H,19,22)(H,20,21)/t16-/m0/s1. The minimum absolute atomic E-state index is 0.0704. The van der Waals surface area contributed by atoms with Crippen molar-refractivity contribution >= 4 is 22.6 Å². The van der Waals surface area contributed by atoms with Crippen molar-refractivity contribution in [3.05, 3.63) is 48.5 Å². The van der Waals surface area contributed by atoms with Crippen LogP contribution in [0, 0.1) is 0 Å². The second-order valence-electron chi connectivity index (χ2n) is 5.67. The second-order valence-corrected chi connectivity index (χ2v) is 5.67. The highest BCUT2D eigenvalue weighted by Crippen LogP contribution is 2.22. The summed E-state index contributed by atoms with van der Waals surface area (Å²) in [6.45, 7) is 0.670. The number of nitrogens with one attached hydrogen (secondary N) is 2. The van der Waals surface area contributed by atoms with E-state index < -0.39 is 0 Å². The van der Waals surface area contributed by atoms with E-state index in [4.69, 9.17) is 4.74 Å². The van der Waals surface area contributed by atoms with Gasteiger partial charge in [-0.15, -0.1) is 0 Å². The van der Waals surface area contributed by atoms with Gasteiger partial charge in [-0.3, -0.25) is 4.79 Å². The Morgan fingerprint density at radius 3 is 2.74 bits per heavy atom.